The molecule has 2 aliphatic rings. The molecule has 0 aromatic heterocycles. The van der Waals surface area contributed by atoms with E-state index >= 15 is 0 Å². The van der Waals surface area contributed by atoms with Gasteiger partial charge in [-0.3, -0.25) is 0 Å². The Morgan fingerprint density at radius 1 is 1.53 bits per heavy atom. The molecule has 1 N–H and O–H groups in total. The lowest BCUT2D eigenvalue weighted by molar-refractivity contribution is -0.146. The average molecular weight is 252 g/mol. The van der Waals surface area contributed by atoms with Crippen molar-refractivity contribution in [3.8, 4) is 0 Å². The molecule has 88 valence electrons. The summed E-state index contributed by atoms with van der Waals surface area (Å²) in [5, 5.41) is 9.66. The van der Waals surface area contributed by atoms with Gasteiger partial charge < -0.3 is 9.84 Å². The number of carboxylic acid groups (broad SMARTS) is 1. The molecular weight excluding hydrogens is 242 g/mol. The topological polar surface area (TPSA) is 58.9 Å². The zero-order valence-electron chi connectivity index (χ0n) is 8.89. The van der Waals surface area contributed by atoms with E-state index in [9.17, 15) is 4.79 Å². The van der Waals surface area contributed by atoms with E-state index in [2.05, 4.69) is 4.99 Å². The molecule has 0 amide bonds. The number of aliphatic imine (C=N–C) groups is 1. The molecule has 1 aliphatic heterocycles. The standard InChI is InChI=1S/C12H10ClNO3/c13-8-3-1-2-7(6-8)10-14-12(4-5-12)9(17-10)11(15)16/h1-3,6,9H,4-5H2,(H,15,16). The maximum absolute atomic E-state index is 11.1. The minimum atomic E-state index is -0.955. The highest BCUT2D eigenvalue weighted by Crippen LogP contribution is 2.48. The molecule has 1 aromatic rings. The van der Waals surface area contributed by atoms with E-state index in [0.717, 1.165) is 18.4 Å². The van der Waals surface area contributed by atoms with Crippen LogP contribution in [0.3, 0.4) is 0 Å². The minimum absolute atomic E-state index is 0.386. The van der Waals surface area contributed by atoms with E-state index in [1.165, 1.54) is 0 Å². The predicted molar refractivity (Wildman–Crippen MR) is 62.5 cm³/mol. The molecule has 0 saturated heterocycles. The Labute approximate surface area is 103 Å². The number of halogens is 1. The van der Waals surface area contributed by atoms with Crippen molar-refractivity contribution in [3.63, 3.8) is 0 Å². The van der Waals surface area contributed by atoms with Crippen LogP contribution in [0.1, 0.15) is 18.4 Å². The number of benzene rings is 1. The number of carbonyl (C=O) groups is 1. The van der Waals surface area contributed by atoms with E-state index in [1.807, 2.05) is 6.07 Å². The average Bonchev–Trinajstić information content (AvgIpc) is 2.91. The molecule has 0 bridgehead atoms. The van der Waals surface area contributed by atoms with Gasteiger partial charge in [0.15, 0.2) is 0 Å². The highest BCUT2D eigenvalue weighted by molar-refractivity contribution is 6.31. The number of rotatable bonds is 2. The van der Waals surface area contributed by atoms with Gasteiger partial charge in [-0.1, -0.05) is 17.7 Å². The molecule has 1 saturated carbocycles. The van der Waals surface area contributed by atoms with Crippen molar-refractivity contribution in [1.29, 1.82) is 0 Å². The highest BCUT2D eigenvalue weighted by atomic mass is 35.5. The monoisotopic (exact) mass is 251 g/mol. The summed E-state index contributed by atoms with van der Waals surface area (Å²) >= 11 is 5.88. The molecule has 1 spiro atoms. The SMILES string of the molecule is O=C(O)C1OC(c2cccc(Cl)c2)=NC12CC2. The molecule has 1 fully saturated rings. The second kappa shape index (κ2) is 3.47. The molecule has 1 heterocycles. The first-order valence-corrected chi connectivity index (χ1v) is 5.74. The smallest absolute Gasteiger partial charge is 0.347 e. The van der Waals surface area contributed by atoms with Gasteiger partial charge in [-0.05, 0) is 31.0 Å². The fourth-order valence-corrected chi connectivity index (χ4v) is 2.24. The van der Waals surface area contributed by atoms with Gasteiger partial charge in [0.05, 0.1) is 0 Å². The van der Waals surface area contributed by atoms with Crippen LogP contribution in [0.2, 0.25) is 5.02 Å². The zero-order chi connectivity index (χ0) is 12.0. The summed E-state index contributed by atoms with van der Waals surface area (Å²) in [7, 11) is 0. The second-order valence-electron chi connectivity index (χ2n) is 4.37. The lowest BCUT2D eigenvalue weighted by atomic mass is 10.1. The molecule has 0 radical (unpaired) electrons. The van der Waals surface area contributed by atoms with Crippen molar-refractivity contribution in [1.82, 2.24) is 0 Å². The summed E-state index contributed by atoms with van der Waals surface area (Å²) in [5.41, 5.74) is 0.205. The van der Waals surface area contributed by atoms with Crippen molar-refractivity contribution < 1.29 is 14.6 Å². The van der Waals surface area contributed by atoms with Crippen LogP contribution in [0.25, 0.3) is 0 Å². The molecule has 1 aliphatic carbocycles. The van der Waals surface area contributed by atoms with E-state index in [-0.39, 0.29) is 0 Å². The Morgan fingerprint density at radius 3 is 2.82 bits per heavy atom. The fraction of sp³-hybridized carbons (Fsp3) is 0.333. The zero-order valence-corrected chi connectivity index (χ0v) is 9.65. The predicted octanol–water partition coefficient (Wildman–Crippen LogP) is 2.10. The van der Waals surface area contributed by atoms with Gasteiger partial charge in [-0.25, -0.2) is 9.79 Å². The first-order valence-electron chi connectivity index (χ1n) is 5.36. The number of hydrogen-bond acceptors (Lipinski definition) is 3. The van der Waals surface area contributed by atoms with E-state index in [1.54, 1.807) is 18.2 Å². The first kappa shape index (κ1) is 10.6. The molecule has 1 aromatic carbocycles. The van der Waals surface area contributed by atoms with Crippen molar-refractivity contribution in [2.45, 2.75) is 24.5 Å². The Bertz CT molecular complexity index is 522. The third kappa shape index (κ3) is 1.69. The third-order valence-electron chi connectivity index (χ3n) is 3.10. The van der Waals surface area contributed by atoms with E-state index in [4.69, 9.17) is 21.4 Å². The lowest BCUT2D eigenvalue weighted by Gasteiger charge is -2.10. The van der Waals surface area contributed by atoms with Gasteiger partial charge in [0.1, 0.15) is 5.54 Å². The van der Waals surface area contributed by atoms with Gasteiger partial charge in [0.25, 0.3) is 0 Å². The molecule has 3 rings (SSSR count). The van der Waals surface area contributed by atoms with Gasteiger partial charge in [0.2, 0.25) is 12.0 Å². The summed E-state index contributed by atoms with van der Waals surface area (Å²) < 4.78 is 5.43. The normalized spacial score (nSPS) is 24.3. The summed E-state index contributed by atoms with van der Waals surface area (Å²) in [5.74, 6) is -0.569. The van der Waals surface area contributed by atoms with Gasteiger partial charge in [-0.2, -0.15) is 0 Å². The van der Waals surface area contributed by atoms with E-state index < -0.39 is 17.6 Å². The summed E-state index contributed by atoms with van der Waals surface area (Å²) in [6, 6.07) is 7.07. The Morgan fingerprint density at radius 2 is 2.29 bits per heavy atom. The minimum Gasteiger partial charge on any atom is -0.478 e. The van der Waals surface area contributed by atoms with Crippen LogP contribution in [0, 0.1) is 0 Å². The van der Waals surface area contributed by atoms with Crippen molar-refractivity contribution >= 4 is 23.5 Å². The summed E-state index contributed by atoms with van der Waals surface area (Å²) in [6.45, 7) is 0. The molecule has 17 heavy (non-hydrogen) atoms. The molecule has 4 nitrogen and oxygen atoms in total. The number of aliphatic carboxylic acids is 1. The van der Waals surface area contributed by atoms with Crippen LogP contribution in [0.4, 0.5) is 0 Å². The van der Waals surface area contributed by atoms with Crippen molar-refractivity contribution in [3.05, 3.63) is 34.9 Å². The van der Waals surface area contributed by atoms with Crippen molar-refractivity contribution in [2.24, 2.45) is 4.99 Å². The Balaban J connectivity index is 1.94. The van der Waals surface area contributed by atoms with Crippen LogP contribution >= 0.6 is 11.6 Å². The van der Waals surface area contributed by atoms with Crippen LogP contribution in [-0.2, 0) is 9.53 Å². The first-order chi connectivity index (χ1) is 8.11. The maximum atomic E-state index is 11.1. The number of carboxylic acids is 1. The molecule has 1 unspecified atom stereocenters. The van der Waals surface area contributed by atoms with Crippen LogP contribution < -0.4 is 0 Å². The number of nitrogens with zero attached hydrogens (tertiary/aromatic N) is 1. The summed E-state index contributed by atoms with van der Waals surface area (Å²) in [4.78, 5) is 15.5. The van der Waals surface area contributed by atoms with Crippen molar-refractivity contribution in [2.75, 3.05) is 0 Å². The Hall–Kier alpha value is -1.55. The van der Waals surface area contributed by atoms with Crippen LogP contribution in [0.5, 0.6) is 0 Å². The highest BCUT2D eigenvalue weighted by Gasteiger charge is 2.59. The molecular formula is C12H10ClNO3. The molecule has 5 heteroatoms. The third-order valence-corrected chi connectivity index (χ3v) is 3.33. The van der Waals surface area contributed by atoms with Gasteiger partial charge in [0, 0.05) is 10.6 Å². The quantitative estimate of drug-likeness (QED) is 0.876. The lowest BCUT2D eigenvalue weighted by Crippen LogP contribution is -2.32. The Kier molecular flexibility index (Phi) is 2.16. The van der Waals surface area contributed by atoms with Gasteiger partial charge >= 0.3 is 5.97 Å². The number of ether oxygens (including phenoxy) is 1. The van der Waals surface area contributed by atoms with E-state index in [0.29, 0.717) is 10.9 Å². The largest absolute Gasteiger partial charge is 0.478 e. The van der Waals surface area contributed by atoms with Crippen LogP contribution in [-0.4, -0.2) is 28.6 Å². The second-order valence-corrected chi connectivity index (χ2v) is 4.80. The summed E-state index contributed by atoms with van der Waals surface area (Å²) in [6.07, 6.45) is 0.693. The van der Waals surface area contributed by atoms with Gasteiger partial charge in [-0.15, -0.1) is 0 Å². The van der Waals surface area contributed by atoms with Crippen LogP contribution in [0.15, 0.2) is 29.3 Å². The maximum Gasteiger partial charge on any atom is 0.347 e. The molecule has 1 atom stereocenters. The number of hydrogen-bond donors (Lipinski definition) is 1. The fourth-order valence-electron chi connectivity index (χ4n) is 2.04.